The highest BCUT2D eigenvalue weighted by Gasteiger charge is 2.15. The first-order valence-corrected chi connectivity index (χ1v) is 11.2. The van der Waals surface area contributed by atoms with Crippen molar-refractivity contribution >= 4 is 46.0 Å². The Morgan fingerprint density at radius 2 is 1.91 bits per heavy atom. The van der Waals surface area contributed by atoms with Crippen LogP contribution >= 0.6 is 23.4 Å². The van der Waals surface area contributed by atoms with Gasteiger partial charge in [-0.3, -0.25) is 14.2 Å². The number of hydrogen-bond acceptors (Lipinski definition) is 6. The molecule has 0 unspecified atom stereocenters. The van der Waals surface area contributed by atoms with Gasteiger partial charge >= 0.3 is 0 Å². The molecule has 0 saturated carbocycles. The Bertz CT molecular complexity index is 1310. The number of pyridine rings is 1. The van der Waals surface area contributed by atoms with Gasteiger partial charge in [0.15, 0.2) is 5.16 Å². The number of carbonyl (C=O) groups is 1. The third kappa shape index (κ3) is 4.92. The van der Waals surface area contributed by atoms with Crippen LogP contribution < -0.4 is 15.6 Å². The van der Waals surface area contributed by atoms with E-state index in [0.29, 0.717) is 44.9 Å². The molecule has 0 spiro atoms. The Labute approximate surface area is 193 Å². The maximum atomic E-state index is 13.3. The number of halogens is 1. The maximum absolute atomic E-state index is 13.3. The standard InChI is InChI=1S/C23H19ClN4O3S/c1-2-31-17-10-8-16(9-11-17)28-22(30)18-5-3-4-6-19(18)26-23(28)32-14-21(29)27-20-12-7-15(24)13-25-20/h3-13H,2,14H2,1H3,(H,25,27,29). The molecule has 4 aromatic rings. The van der Waals surface area contributed by atoms with Crippen molar-refractivity contribution < 1.29 is 9.53 Å². The number of rotatable bonds is 7. The Morgan fingerprint density at radius 1 is 1.12 bits per heavy atom. The second-order valence-corrected chi connectivity index (χ2v) is 8.06. The Morgan fingerprint density at radius 3 is 2.62 bits per heavy atom. The molecule has 0 radical (unpaired) electrons. The second kappa shape index (κ2) is 9.84. The molecule has 0 saturated heterocycles. The van der Waals surface area contributed by atoms with Gasteiger partial charge in [0.05, 0.1) is 34.0 Å². The summed E-state index contributed by atoms with van der Waals surface area (Å²) < 4.78 is 7.01. The smallest absolute Gasteiger partial charge is 0.266 e. The molecule has 1 N–H and O–H groups in total. The molecule has 0 atom stereocenters. The lowest BCUT2D eigenvalue weighted by molar-refractivity contribution is -0.113. The molecule has 9 heteroatoms. The number of aromatic nitrogens is 3. The van der Waals surface area contributed by atoms with Crippen molar-refractivity contribution in [1.82, 2.24) is 14.5 Å². The predicted molar refractivity (Wildman–Crippen MR) is 127 cm³/mol. The van der Waals surface area contributed by atoms with E-state index < -0.39 is 0 Å². The van der Waals surface area contributed by atoms with Crippen molar-refractivity contribution in [2.75, 3.05) is 17.7 Å². The van der Waals surface area contributed by atoms with Crippen LogP contribution in [0.25, 0.3) is 16.6 Å². The van der Waals surface area contributed by atoms with E-state index in [1.165, 1.54) is 22.5 Å². The number of nitrogens with zero attached hydrogens (tertiary/aromatic N) is 3. The first kappa shape index (κ1) is 21.9. The number of carbonyl (C=O) groups excluding carboxylic acids is 1. The van der Waals surface area contributed by atoms with Gasteiger partial charge in [-0.15, -0.1) is 0 Å². The average molecular weight is 467 g/mol. The number of nitrogens with one attached hydrogen (secondary N) is 1. The molecule has 0 fully saturated rings. The van der Waals surface area contributed by atoms with Crippen LogP contribution in [0.5, 0.6) is 5.75 Å². The predicted octanol–water partition coefficient (Wildman–Crippen LogP) is 4.56. The van der Waals surface area contributed by atoms with Crippen LogP contribution in [0.2, 0.25) is 5.02 Å². The molecule has 0 aliphatic heterocycles. The van der Waals surface area contributed by atoms with Crippen molar-refractivity contribution in [3.05, 3.63) is 82.2 Å². The first-order valence-electron chi connectivity index (χ1n) is 9.84. The number of benzene rings is 2. The van der Waals surface area contributed by atoms with Crippen molar-refractivity contribution in [2.24, 2.45) is 0 Å². The monoisotopic (exact) mass is 466 g/mol. The Balaban J connectivity index is 1.64. The van der Waals surface area contributed by atoms with E-state index in [9.17, 15) is 9.59 Å². The minimum Gasteiger partial charge on any atom is -0.494 e. The van der Waals surface area contributed by atoms with Gasteiger partial charge in [-0.05, 0) is 55.5 Å². The first-order chi connectivity index (χ1) is 15.5. The lowest BCUT2D eigenvalue weighted by Crippen LogP contribution is -2.23. The molecule has 7 nitrogen and oxygen atoms in total. The summed E-state index contributed by atoms with van der Waals surface area (Å²) in [5, 5.41) is 4.11. The van der Waals surface area contributed by atoms with Crippen LogP contribution in [0.15, 0.2) is 76.8 Å². The van der Waals surface area contributed by atoms with Gasteiger partial charge in [-0.1, -0.05) is 35.5 Å². The molecule has 0 aliphatic carbocycles. The van der Waals surface area contributed by atoms with E-state index in [-0.39, 0.29) is 17.2 Å². The van der Waals surface area contributed by atoms with E-state index in [1.54, 1.807) is 54.6 Å². The minimum absolute atomic E-state index is 0.0477. The zero-order valence-corrected chi connectivity index (χ0v) is 18.7. The average Bonchev–Trinajstić information content (AvgIpc) is 2.80. The number of anilines is 1. The third-order valence-electron chi connectivity index (χ3n) is 4.48. The highest BCUT2D eigenvalue weighted by molar-refractivity contribution is 7.99. The molecule has 2 heterocycles. The van der Waals surface area contributed by atoms with E-state index in [1.807, 2.05) is 13.0 Å². The van der Waals surface area contributed by atoms with Crippen molar-refractivity contribution in [3.8, 4) is 11.4 Å². The zero-order valence-electron chi connectivity index (χ0n) is 17.1. The fourth-order valence-electron chi connectivity index (χ4n) is 3.05. The Kier molecular flexibility index (Phi) is 6.72. The lowest BCUT2D eigenvalue weighted by Gasteiger charge is -2.14. The lowest BCUT2D eigenvalue weighted by atomic mass is 10.2. The quantitative estimate of drug-likeness (QED) is 0.317. The van der Waals surface area contributed by atoms with E-state index in [4.69, 9.17) is 16.3 Å². The number of fused-ring (bicyclic) bond motifs is 1. The molecule has 32 heavy (non-hydrogen) atoms. The summed E-state index contributed by atoms with van der Waals surface area (Å²) in [6.45, 7) is 2.46. The summed E-state index contributed by atoms with van der Waals surface area (Å²) in [5.41, 5.74) is 1.00. The molecule has 0 bridgehead atoms. The summed E-state index contributed by atoms with van der Waals surface area (Å²) in [6, 6.07) is 17.6. The molecule has 2 aromatic carbocycles. The number of para-hydroxylation sites is 1. The molecular weight excluding hydrogens is 448 g/mol. The molecule has 2 aromatic heterocycles. The second-order valence-electron chi connectivity index (χ2n) is 6.68. The zero-order chi connectivity index (χ0) is 22.5. The van der Waals surface area contributed by atoms with E-state index in [0.717, 1.165) is 0 Å². The number of thioether (sulfide) groups is 1. The molecular formula is C23H19ClN4O3S. The van der Waals surface area contributed by atoms with Gasteiger partial charge in [0.25, 0.3) is 5.56 Å². The van der Waals surface area contributed by atoms with Crippen LogP contribution in [-0.4, -0.2) is 32.8 Å². The van der Waals surface area contributed by atoms with Crippen molar-refractivity contribution in [3.63, 3.8) is 0 Å². The van der Waals surface area contributed by atoms with Crippen LogP contribution in [0.3, 0.4) is 0 Å². The fourth-order valence-corrected chi connectivity index (χ4v) is 3.98. The number of hydrogen-bond donors (Lipinski definition) is 1. The van der Waals surface area contributed by atoms with Gasteiger partial charge < -0.3 is 10.1 Å². The van der Waals surface area contributed by atoms with Gasteiger partial charge in [0.1, 0.15) is 11.6 Å². The summed E-state index contributed by atoms with van der Waals surface area (Å²) >= 11 is 7.00. The third-order valence-corrected chi connectivity index (χ3v) is 5.64. The maximum Gasteiger partial charge on any atom is 0.266 e. The van der Waals surface area contributed by atoms with Crippen LogP contribution in [-0.2, 0) is 4.79 Å². The van der Waals surface area contributed by atoms with Gasteiger partial charge in [-0.2, -0.15) is 0 Å². The molecule has 162 valence electrons. The topological polar surface area (TPSA) is 86.1 Å². The minimum atomic E-state index is -0.273. The van der Waals surface area contributed by atoms with E-state index >= 15 is 0 Å². The number of ether oxygens (including phenoxy) is 1. The van der Waals surface area contributed by atoms with Crippen molar-refractivity contribution in [1.29, 1.82) is 0 Å². The van der Waals surface area contributed by atoms with Crippen molar-refractivity contribution in [2.45, 2.75) is 12.1 Å². The summed E-state index contributed by atoms with van der Waals surface area (Å²) in [7, 11) is 0. The summed E-state index contributed by atoms with van der Waals surface area (Å²) in [4.78, 5) is 34.4. The van der Waals surface area contributed by atoms with Crippen LogP contribution in [0.4, 0.5) is 5.82 Å². The molecule has 0 aliphatic rings. The van der Waals surface area contributed by atoms with Crippen LogP contribution in [0.1, 0.15) is 6.92 Å². The van der Waals surface area contributed by atoms with Gasteiger partial charge in [-0.25, -0.2) is 9.97 Å². The summed E-state index contributed by atoms with van der Waals surface area (Å²) in [6.07, 6.45) is 1.46. The van der Waals surface area contributed by atoms with Gasteiger partial charge in [0.2, 0.25) is 5.91 Å². The van der Waals surface area contributed by atoms with Crippen LogP contribution in [0, 0.1) is 0 Å². The summed E-state index contributed by atoms with van der Waals surface area (Å²) in [5.74, 6) is 0.884. The largest absolute Gasteiger partial charge is 0.494 e. The number of amides is 1. The molecule has 4 rings (SSSR count). The van der Waals surface area contributed by atoms with Gasteiger partial charge in [0, 0.05) is 6.20 Å². The highest BCUT2D eigenvalue weighted by Crippen LogP contribution is 2.23. The highest BCUT2D eigenvalue weighted by atomic mass is 35.5. The Hall–Kier alpha value is -3.36. The van der Waals surface area contributed by atoms with E-state index in [2.05, 4.69) is 15.3 Å². The fraction of sp³-hybridized carbons (Fsp3) is 0.130. The molecule has 1 amide bonds. The normalized spacial score (nSPS) is 10.8. The SMILES string of the molecule is CCOc1ccc(-n2c(SCC(=O)Nc3ccc(Cl)cn3)nc3ccccc3c2=O)cc1.